The summed E-state index contributed by atoms with van der Waals surface area (Å²) >= 11 is 7.03. The fourth-order valence-electron chi connectivity index (χ4n) is 2.40. The van der Waals surface area contributed by atoms with Gasteiger partial charge >= 0.3 is 0 Å². The number of H-pyrrole nitrogens is 1. The van der Waals surface area contributed by atoms with Crippen molar-refractivity contribution in [2.45, 2.75) is 18.5 Å². The van der Waals surface area contributed by atoms with Crippen molar-refractivity contribution in [3.05, 3.63) is 76.3 Å². The van der Waals surface area contributed by atoms with Crippen molar-refractivity contribution in [3.8, 4) is 0 Å². The molecule has 7 heteroatoms. The van der Waals surface area contributed by atoms with Gasteiger partial charge in [-0.2, -0.15) is 0 Å². The zero-order valence-corrected chi connectivity index (χ0v) is 15.6. The first-order valence-electron chi connectivity index (χ1n) is 7.98. The van der Waals surface area contributed by atoms with E-state index in [4.69, 9.17) is 11.6 Å². The Morgan fingerprint density at radius 1 is 1.27 bits per heavy atom. The zero-order chi connectivity index (χ0) is 18.5. The minimum atomic E-state index is -0.518. The summed E-state index contributed by atoms with van der Waals surface area (Å²) in [6.07, 6.45) is 0.740. The molecule has 2 aromatic carbocycles. The normalized spacial score (nSPS) is 10.7. The van der Waals surface area contributed by atoms with E-state index in [1.54, 1.807) is 0 Å². The number of hydrogen-bond donors (Lipinski definition) is 2. The van der Waals surface area contributed by atoms with Crippen LogP contribution in [0.15, 0.2) is 53.7 Å². The number of thioether (sulfide) groups is 1. The first-order valence-corrected chi connectivity index (χ1v) is 9.35. The second-order valence-electron chi connectivity index (χ2n) is 5.74. The summed E-state index contributed by atoms with van der Waals surface area (Å²) in [6, 6.07) is 14.2. The number of nitrogens with zero attached hydrogens (tertiary/aromatic N) is 1. The average molecular weight is 390 g/mol. The van der Waals surface area contributed by atoms with Crippen molar-refractivity contribution in [2.75, 3.05) is 11.1 Å². The Labute approximate surface area is 160 Å². The number of aryl methyl sites for hydroxylation is 1. The standard InChI is InChI=1S/C19H17ClFN3OS/c1-12-17(9-13-5-3-2-4-6-13)24-19(22-12)26-11-18(25)23-14-7-8-16(21)15(20)10-14/h2-8,10H,9,11H2,1H3,(H,22,24)(H,23,25). The van der Waals surface area contributed by atoms with Gasteiger partial charge in [0.25, 0.3) is 0 Å². The van der Waals surface area contributed by atoms with Gasteiger partial charge in [0, 0.05) is 17.8 Å². The Balaban J connectivity index is 1.56. The Bertz CT molecular complexity index is 914. The molecule has 0 unspecified atom stereocenters. The number of aromatic nitrogens is 2. The quantitative estimate of drug-likeness (QED) is 0.593. The van der Waals surface area contributed by atoms with Crippen LogP contribution in [-0.2, 0) is 11.2 Å². The van der Waals surface area contributed by atoms with E-state index in [-0.39, 0.29) is 16.7 Å². The van der Waals surface area contributed by atoms with Crippen molar-refractivity contribution in [1.29, 1.82) is 0 Å². The number of nitrogens with one attached hydrogen (secondary N) is 2. The number of hydrogen-bond acceptors (Lipinski definition) is 3. The maximum Gasteiger partial charge on any atom is 0.234 e. The highest BCUT2D eigenvalue weighted by molar-refractivity contribution is 7.99. The molecule has 0 atom stereocenters. The van der Waals surface area contributed by atoms with E-state index in [9.17, 15) is 9.18 Å². The van der Waals surface area contributed by atoms with Gasteiger partial charge in [-0.15, -0.1) is 0 Å². The number of rotatable bonds is 6. The van der Waals surface area contributed by atoms with Crippen LogP contribution in [-0.4, -0.2) is 21.6 Å². The van der Waals surface area contributed by atoms with Gasteiger partial charge in [-0.25, -0.2) is 9.37 Å². The number of halogens is 2. The minimum absolute atomic E-state index is 0.0253. The molecule has 0 fully saturated rings. The van der Waals surface area contributed by atoms with Crippen LogP contribution >= 0.6 is 23.4 Å². The molecular weight excluding hydrogens is 373 g/mol. The minimum Gasteiger partial charge on any atom is -0.337 e. The molecule has 26 heavy (non-hydrogen) atoms. The largest absolute Gasteiger partial charge is 0.337 e. The highest BCUT2D eigenvalue weighted by Gasteiger charge is 2.11. The molecule has 134 valence electrons. The van der Waals surface area contributed by atoms with Crippen LogP contribution in [0.2, 0.25) is 5.02 Å². The maximum atomic E-state index is 13.1. The van der Waals surface area contributed by atoms with E-state index in [1.807, 2.05) is 25.1 Å². The van der Waals surface area contributed by atoms with Crippen LogP contribution in [0.4, 0.5) is 10.1 Å². The molecule has 0 radical (unpaired) electrons. The molecule has 0 bridgehead atoms. The van der Waals surface area contributed by atoms with E-state index >= 15 is 0 Å². The number of aromatic amines is 1. The van der Waals surface area contributed by atoms with Gasteiger partial charge < -0.3 is 10.3 Å². The Kier molecular flexibility index (Phi) is 5.96. The number of anilines is 1. The second kappa shape index (κ2) is 8.38. The van der Waals surface area contributed by atoms with E-state index in [0.29, 0.717) is 10.8 Å². The molecule has 3 rings (SSSR count). The third-order valence-corrected chi connectivity index (χ3v) is 4.88. The van der Waals surface area contributed by atoms with Gasteiger partial charge in [0.05, 0.1) is 16.5 Å². The summed E-state index contributed by atoms with van der Waals surface area (Å²) in [6.45, 7) is 1.97. The molecule has 0 saturated heterocycles. The maximum absolute atomic E-state index is 13.1. The van der Waals surface area contributed by atoms with Crippen molar-refractivity contribution in [2.24, 2.45) is 0 Å². The van der Waals surface area contributed by atoms with Gasteiger partial charge in [-0.05, 0) is 30.7 Å². The molecule has 0 saturated carbocycles. The number of benzene rings is 2. The monoisotopic (exact) mass is 389 g/mol. The summed E-state index contributed by atoms with van der Waals surface area (Å²) in [5.74, 6) is -0.542. The van der Waals surface area contributed by atoms with Crippen molar-refractivity contribution < 1.29 is 9.18 Å². The van der Waals surface area contributed by atoms with Gasteiger partial charge in [0.1, 0.15) is 5.82 Å². The van der Waals surface area contributed by atoms with E-state index in [2.05, 4.69) is 27.4 Å². The predicted molar refractivity (Wildman–Crippen MR) is 103 cm³/mol. The number of carbonyl (C=O) groups is 1. The summed E-state index contributed by atoms with van der Waals surface area (Å²) in [4.78, 5) is 19.8. The molecule has 0 aliphatic carbocycles. The fourth-order valence-corrected chi connectivity index (χ4v) is 3.32. The Morgan fingerprint density at radius 2 is 2.04 bits per heavy atom. The SMILES string of the molecule is Cc1[nH]c(SCC(=O)Nc2ccc(F)c(Cl)c2)nc1Cc1ccccc1. The van der Waals surface area contributed by atoms with Gasteiger partial charge in [0.2, 0.25) is 5.91 Å². The first-order chi connectivity index (χ1) is 12.5. The molecular formula is C19H17ClFN3OS. The lowest BCUT2D eigenvalue weighted by molar-refractivity contribution is -0.113. The smallest absolute Gasteiger partial charge is 0.234 e. The molecule has 0 aliphatic rings. The Hall–Kier alpha value is -2.31. The van der Waals surface area contributed by atoms with Gasteiger partial charge in [-0.3, -0.25) is 4.79 Å². The lowest BCUT2D eigenvalue weighted by Gasteiger charge is -2.05. The van der Waals surface area contributed by atoms with Gasteiger partial charge in [-0.1, -0.05) is 53.7 Å². The highest BCUT2D eigenvalue weighted by Crippen LogP contribution is 2.21. The zero-order valence-electron chi connectivity index (χ0n) is 14.1. The fraction of sp³-hybridized carbons (Fsp3) is 0.158. The molecule has 2 N–H and O–H groups in total. The van der Waals surface area contributed by atoms with E-state index in [0.717, 1.165) is 17.8 Å². The Morgan fingerprint density at radius 3 is 2.77 bits per heavy atom. The summed E-state index contributed by atoms with van der Waals surface area (Å²) in [7, 11) is 0. The first kappa shape index (κ1) is 18.5. The summed E-state index contributed by atoms with van der Waals surface area (Å²) in [5, 5.41) is 3.36. The molecule has 3 aromatic rings. The third-order valence-electron chi connectivity index (χ3n) is 3.72. The number of carbonyl (C=O) groups excluding carboxylic acids is 1. The van der Waals surface area contributed by atoms with E-state index < -0.39 is 5.82 Å². The van der Waals surface area contributed by atoms with E-state index in [1.165, 1.54) is 35.5 Å². The van der Waals surface area contributed by atoms with Crippen LogP contribution in [0.25, 0.3) is 0 Å². The second-order valence-corrected chi connectivity index (χ2v) is 7.11. The van der Waals surface area contributed by atoms with Crippen molar-refractivity contribution in [1.82, 2.24) is 9.97 Å². The third kappa shape index (κ3) is 4.86. The summed E-state index contributed by atoms with van der Waals surface area (Å²) in [5.41, 5.74) is 3.60. The number of imidazole rings is 1. The molecule has 1 heterocycles. The predicted octanol–water partition coefficient (Wildman–Crippen LogP) is 4.83. The molecule has 0 spiro atoms. The lowest BCUT2D eigenvalue weighted by Crippen LogP contribution is -2.14. The molecule has 1 aromatic heterocycles. The summed E-state index contributed by atoms with van der Waals surface area (Å²) < 4.78 is 13.1. The molecule has 4 nitrogen and oxygen atoms in total. The topological polar surface area (TPSA) is 57.8 Å². The number of amides is 1. The van der Waals surface area contributed by atoms with Crippen LogP contribution < -0.4 is 5.32 Å². The van der Waals surface area contributed by atoms with Crippen molar-refractivity contribution >= 4 is 35.0 Å². The lowest BCUT2D eigenvalue weighted by atomic mass is 10.1. The van der Waals surface area contributed by atoms with Crippen LogP contribution in [0.3, 0.4) is 0 Å². The van der Waals surface area contributed by atoms with Gasteiger partial charge in [0.15, 0.2) is 5.16 Å². The van der Waals surface area contributed by atoms with Crippen LogP contribution in [0, 0.1) is 12.7 Å². The van der Waals surface area contributed by atoms with Crippen LogP contribution in [0.1, 0.15) is 17.0 Å². The molecule has 1 amide bonds. The average Bonchev–Trinajstić information content (AvgIpc) is 2.97. The van der Waals surface area contributed by atoms with Crippen LogP contribution in [0.5, 0.6) is 0 Å². The highest BCUT2D eigenvalue weighted by atomic mass is 35.5. The van der Waals surface area contributed by atoms with Crippen molar-refractivity contribution in [3.63, 3.8) is 0 Å². The molecule has 0 aliphatic heterocycles.